The number of nitrogens with one attached hydrogen (secondary N) is 1. The third kappa shape index (κ3) is 3.39. The Hall–Kier alpha value is -2.73. The summed E-state index contributed by atoms with van der Waals surface area (Å²) in [5.74, 6) is 6.05. The van der Waals surface area contributed by atoms with E-state index in [4.69, 9.17) is 5.11 Å². The van der Waals surface area contributed by atoms with Crippen LogP contribution in [0.25, 0.3) is 0 Å². The predicted molar refractivity (Wildman–Crippen MR) is 70.5 cm³/mol. The summed E-state index contributed by atoms with van der Waals surface area (Å²) in [5.41, 5.74) is 2.33. The summed E-state index contributed by atoms with van der Waals surface area (Å²) < 4.78 is 0. The van der Waals surface area contributed by atoms with Crippen molar-refractivity contribution in [3.05, 3.63) is 65.7 Å². The average Bonchev–Trinajstić information content (AvgIpc) is 2.38. The molecule has 1 amide bonds. The molecule has 0 aromatic heterocycles. The number of rotatable bonds is 1. The van der Waals surface area contributed by atoms with Crippen LogP contribution in [0.5, 0.6) is 0 Å². The molecule has 0 radical (unpaired) electrons. The van der Waals surface area contributed by atoms with Gasteiger partial charge in [-0.25, -0.2) is 4.79 Å². The summed E-state index contributed by atoms with van der Waals surface area (Å²) in [6.45, 7) is 0. The van der Waals surface area contributed by atoms with E-state index in [9.17, 15) is 4.79 Å². The molecule has 2 aromatic rings. The van der Waals surface area contributed by atoms with E-state index in [0.29, 0.717) is 5.69 Å². The van der Waals surface area contributed by atoms with Crippen LogP contribution in [0.1, 0.15) is 11.1 Å². The van der Waals surface area contributed by atoms with E-state index >= 15 is 0 Å². The van der Waals surface area contributed by atoms with Crippen molar-refractivity contribution < 1.29 is 9.90 Å². The second-order valence-electron chi connectivity index (χ2n) is 3.62. The van der Waals surface area contributed by atoms with Crippen molar-refractivity contribution in [1.82, 2.24) is 0 Å². The number of carbonyl (C=O) groups is 1. The van der Waals surface area contributed by atoms with Crippen molar-refractivity contribution in [1.29, 1.82) is 0 Å². The summed E-state index contributed by atoms with van der Waals surface area (Å²) in [6, 6.07) is 16.6. The van der Waals surface area contributed by atoms with Crippen molar-refractivity contribution in [3.8, 4) is 11.8 Å². The first kappa shape index (κ1) is 11.7. The molecule has 2 aromatic carbocycles. The summed E-state index contributed by atoms with van der Waals surface area (Å²) in [5, 5.41) is 10.8. The molecule has 0 bridgehead atoms. The smallest absolute Gasteiger partial charge is 0.409 e. The fraction of sp³-hybridized carbons (Fsp3) is 0. The Kier molecular flexibility index (Phi) is 3.62. The summed E-state index contributed by atoms with van der Waals surface area (Å²) in [4.78, 5) is 10.4. The van der Waals surface area contributed by atoms with Crippen LogP contribution in [0, 0.1) is 11.8 Å². The second kappa shape index (κ2) is 5.55. The highest BCUT2D eigenvalue weighted by Gasteiger charge is 1.96. The minimum atomic E-state index is -1.07. The Morgan fingerprint density at radius 1 is 0.889 bits per heavy atom. The number of benzene rings is 2. The molecule has 0 heterocycles. The van der Waals surface area contributed by atoms with Gasteiger partial charge in [-0.05, 0) is 36.4 Å². The van der Waals surface area contributed by atoms with Gasteiger partial charge in [0, 0.05) is 16.8 Å². The minimum Gasteiger partial charge on any atom is -0.465 e. The van der Waals surface area contributed by atoms with Crippen LogP contribution in [-0.2, 0) is 0 Å². The zero-order chi connectivity index (χ0) is 12.8. The quantitative estimate of drug-likeness (QED) is 0.748. The molecule has 0 atom stereocenters. The summed E-state index contributed by atoms with van der Waals surface area (Å²) >= 11 is 0. The normalized spacial score (nSPS) is 9.11. The van der Waals surface area contributed by atoms with E-state index in [1.807, 2.05) is 30.3 Å². The van der Waals surface area contributed by atoms with Gasteiger partial charge in [-0.3, -0.25) is 5.32 Å². The molecular weight excluding hydrogens is 226 g/mol. The molecule has 3 nitrogen and oxygen atoms in total. The van der Waals surface area contributed by atoms with E-state index in [0.717, 1.165) is 11.1 Å². The van der Waals surface area contributed by atoms with E-state index < -0.39 is 6.09 Å². The molecule has 18 heavy (non-hydrogen) atoms. The molecule has 3 heteroatoms. The Morgan fingerprint density at radius 3 is 2.00 bits per heavy atom. The Morgan fingerprint density at radius 2 is 1.44 bits per heavy atom. The van der Waals surface area contributed by atoms with Crippen LogP contribution >= 0.6 is 0 Å². The Balaban J connectivity index is 2.12. The molecule has 2 N–H and O–H groups in total. The molecule has 2 rings (SSSR count). The fourth-order valence-corrected chi connectivity index (χ4v) is 1.43. The van der Waals surface area contributed by atoms with Crippen molar-refractivity contribution in [2.24, 2.45) is 0 Å². The van der Waals surface area contributed by atoms with Crippen molar-refractivity contribution in [3.63, 3.8) is 0 Å². The molecule has 0 saturated carbocycles. The lowest BCUT2D eigenvalue weighted by atomic mass is 10.2. The first-order chi connectivity index (χ1) is 8.74. The Bertz CT molecular complexity index is 592. The van der Waals surface area contributed by atoms with Crippen molar-refractivity contribution in [2.45, 2.75) is 0 Å². The second-order valence-corrected chi connectivity index (χ2v) is 3.62. The van der Waals surface area contributed by atoms with Crippen LogP contribution in [0.15, 0.2) is 54.6 Å². The SMILES string of the molecule is O=C(O)Nc1ccc(C#Cc2ccccc2)cc1. The lowest BCUT2D eigenvalue weighted by Gasteiger charge is -1.99. The molecule has 0 aliphatic rings. The highest BCUT2D eigenvalue weighted by atomic mass is 16.4. The number of anilines is 1. The monoisotopic (exact) mass is 237 g/mol. The lowest BCUT2D eigenvalue weighted by Crippen LogP contribution is -2.06. The molecule has 0 unspecified atom stereocenters. The van der Waals surface area contributed by atoms with Crippen molar-refractivity contribution >= 4 is 11.8 Å². The van der Waals surface area contributed by atoms with Crippen LogP contribution in [0.3, 0.4) is 0 Å². The number of hydrogen-bond acceptors (Lipinski definition) is 1. The first-order valence-corrected chi connectivity index (χ1v) is 5.41. The largest absolute Gasteiger partial charge is 0.465 e. The topological polar surface area (TPSA) is 49.3 Å². The van der Waals surface area contributed by atoms with E-state index in [2.05, 4.69) is 17.2 Å². The highest BCUT2D eigenvalue weighted by molar-refractivity contribution is 5.82. The van der Waals surface area contributed by atoms with Gasteiger partial charge in [0.05, 0.1) is 0 Å². The van der Waals surface area contributed by atoms with Crippen LogP contribution in [0.2, 0.25) is 0 Å². The number of amides is 1. The zero-order valence-corrected chi connectivity index (χ0v) is 9.55. The van der Waals surface area contributed by atoms with Gasteiger partial charge in [-0.2, -0.15) is 0 Å². The van der Waals surface area contributed by atoms with Gasteiger partial charge in [0.25, 0.3) is 0 Å². The van der Waals surface area contributed by atoms with Crippen molar-refractivity contribution in [2.75, 3.05) is 5.32 Å². The molecule has 0 spiro atoms. The standard InChI is InChI=1S/C15H11NO2/c17-15(18)16-14-10-8-13(9-11-14)7-6-12-4-2-1-3-5-12/h1-5,8-11,16H,(H,17,18). The molecule has 88 valence electrons. The number of hydrogen-bond donors (Lipinski definition) is 2. The van der Waals surface area contributed by atoms with E-state index in [1.165, 1.54) is 0 Å². The molecule has 0 saturated heterocycles. The van der Waals surface area contributed by atoms with Gasteiger partial charge in [0.2, 0.25) is 0 Å². The van der Waals surface area contributed by atoms with Gasteiger partial charge in [0.15, 0.2) is 0 Å². The van der Waals surface area contributed by atoms with Gasteiger partial charge in [-0.15, -0.1) is 0 Å². The third-order valence-corrected chi connectivity index (χ3v) is 2.26. The maximum absolute atomic E-state index is 10.4. The maximum atomic E-state index is 10.4. The molecule has 0 aliphatic heterocycles. The van der Waals surface area contributed by atoms with E-state index in [-0.39, 0.29) is 0 Å². The fourth-order valence-electron chi connectivity index (χ4n) is 1.43. The first-order valence-electron chi connectivity index (χ1n) is 5.41. The Labute approximate surface area is 105 Å². The third-order valence-electron chi connectivity index (χ3n) is 2.26. The highest BCUT2D eigenvalue weighted by Crippen LogP contribution is 2.08. The van der Waals surface area contributed by atoms with Crippen LogP contribution in [-0.4, -0.2) is 11.2 Å². The van der Waals surface area contributed by atoms with Crippen LogP contribution in [0.4, 0.5) is 10.5 Å². The molecular formula is C15H11NO2. The molecule has 0 fully saturated rings. The predicted octanol–water partition coefficient (Wildman–Crippen LogP) is 3.18. The maximum Gasteiger partial charge on any atom is 0.409 e. The minimum absolute atomic E-state index is 0.535. The van der Waals surface area contributed by atoms with Crippen LogP contribution < -0.4 is 5.32 Å². The van der Waals surface area contributed by atoms with Gasteiger partial charge in [0.1, 0.15) is 0 Å². The van der Waals surface area contributed by atoms with E-state index in [1.54, 1.807) is 24.3 Å². The summed E-state index contributed by atoms with van der Waals surface area (Å²) in [6.07, 6.45) is -1.07. The average molecular weight is 237 g/mol. The summed E-state index contributed by atoms with van der Waals surface area (Å²) in [7, 11) is 0. The number of carboxylic acid groups (broad SMARTS) is 1. The van der Waals surface area contributed by atoms with Gasteiger partial charge >= 0.3 is 6.09 Å². The van der Waals surface area contributed by atoms with Gasteiger partial charge in [-0.1, -0.05) is 30.0 Å². The van der Waals surface area contributed by atoms with Gasteiger partial charge < -0.3 is 5.11 Å². The molecule has 0 aliphatic carbocycles. The zero-order valence-electron chi connectivity index (χ0n) is 9.55. The lowest BCUT2D eigenvalue weighted by molar-refractivity contribution is 0.210.